The second-order valence-electron chi connectivity index (χ2n) is 8.22. The summed E-state index contributed by atoms with van der Waals surface area (Å²) in [5.41, 5.74) is 2.12. The number of aromatic nitrogens is 1. The summed E-state index contributed by atoms with van der Waals surface area (Å²) in [6.45, 7) is 0. The Bertz CT molecular complexity index is 1240. The molecule has 3 aromatic rings. The van der Waals surface area contributed by atoms with Gasteiger partial charge in [0, 0.05) is 5.56 Å². The van der Waals surface area contributed by atoms with E-state index in [4.69, 9.17) is 0 Å². The summed E-state index contributed by atoms with van der Waals surface area (Å²) in [4.78, 5) is 44.5. The van der Waals surface area contributed by atoms with Crippen LogP contribution in [0.5, 0.6) is 0 Å². The molecule has 7 heteroatoms. The Morgan fingerprint density at radius 2 is 1.74 bits per heavy atom. The van der Waals surface area contributed by atoms with Crippen molar-refractivity contribution in [3.05, 3.63) is 66.2 Å². The van der Waals surface area contributed by atoms with E-state index in [0.717, 1.165) is 21.0 Å². The first kappa shape index (κ1) is 19.0. The molecule has 0 spiro atoms. The molecule has 4 atom stereocenters. The van der Waals surface area contributed by atoms with Crippen LogP contribution in [-0.4, -0.2) is 28.3 Å². The number of ketones is 1. The van der Waals surface area contributed by atoms with Gasteiger partial charge in [0.1, 0.15) is 0 Å². The fourth-order valence-corrected chi connectivity index (χ4v) is 7.08. The molecular weight excluding hydrogens is 428 g/mol. The summed E-state index contributed by atoms with van der Waals surface area (Å²) in [5, 5.41) is 0. The SMILES string of the molecule is O=C(CSc1nc2ccc(N3C(=O)[C@@H]4[C@@H](C3=O)[C@H]3C=C[C@H]4C3)cc2s1)c1ccccc1. The number of hydrogen-bond donors (Lipinski definition) is 0. The van der Waals surface area contributed by atoms with Gasteiger partial charge < -0.3 is 0 Å². The highest BCUT2D eigenvalue weighted by Gasteiger charge is 2.59. The highest BCUT2D eigenvalue weighted by Crippen LogP contribution is 2.53. The van der Waals surface area contributed by atoms with Gasteiger partial charge in [0.05, 0.1) is 33.5 Å². The molecule has 1 aliphatic heterocycles. The number of amides is 2. The van der Waals surface area contributed by atoms with Crippen LogP contribution in [0.1, 0.15) is 16.8 Å². The summed E-state index contributed by atoms with van der Waals surface area (Å²) >= 11 is 2.90. The molecule has 2 aliphatic carbocycles. The minimum Gasteiger partial charge on any atom is -0.293 e. The van der Waals surface area contributed by atoms with Gasteiger partial charge in [0.15, 0.2) is 10.1 Å². The summed E-state index contributed by atoms with van der Waals surface area (Å²) in [6, 6.07) is 14.8. The van der Waals surface area contributed by atoms with Crippen molar-refractivity contribution < 1.29 is 14.4 Å². The summed E-state index contributed by atoms with van der Waals surface area (Å²) in [5.74, 6) is 0.247. The Morgan fingerprint density at radius 1 is 1.03 bits per heavy atom. The van der Waals surface area contributed by atoms with Gasteiger partial charge >= 0.3 is 0 Å². The molecule has 0 unspecified atom stereocenters. The zero-order valence-electron chi connectivity index (χ0n) is 16.4. The molecule has 5 nitrogen and oxygen atoms in total. The fraction of sp³-hybridized carbons (Fsp3) is 0.250. The first-order chi connectivity index (χ1) is 15.1. The normalized spacial score (nSPS) is 26.3. The molecule has 2 aromatic carbocycles. The molecule has 2 fully saturated rings. The summed E-state index contributed by atoms with van der Waals surface area (Å²) < 4.78 is 1.71. The zero-order valence-corrected chi connectivity index (χ0v) is 18.1. The second kappa shape index (κ2) is 7.14. The molecule has 1 aromatic heterocycles. The fourth-order valence-electron chi connectivity index (χ4n) is 5.08. The smallest absolute Gasteiger partial charge is 0.238 e. The van der Waals surface area contributed by atoms with Crippen LogP contribution in [0.3, 0.4) is 0 Å². The number of carbonyl (C=O) groups excluding carboxylic acids is 3. The average Bonchev–Trinajstić information content (AvgIpc) is 3.55. The lowest BCUT2D eigenvalue weighted by Gasteiger charge is -2.17. The van der Waals surface area contributed by atoms with Crippen molar-refractivity contribution in [2.45, 2.75) is 10.8 Å². The van der Waals surface area contributed by atoms with Crippen molar-refractivity contribution in [2.75, 3.05) is 10.7 Å². The molecule has 0 radical (unpaired) electrons. The molecule has 3 aliphatic rings. The Balaban J connectivity index is 1.23. The molecule has 6 rings (SSSR count). The summed E-state index contributed by atoms with van der Waals surface area (Å²) in [7, 11) is 0. The number of imide groups is 1. The number of fused-ring (bicyclic) bond motifs is 6. The molecule has 2 bridgehead atoms. The molecule has 1 saturated heterocycles. The van der Waals surface area contributed by atoms with E-state index in [1.165, 1.54) is 28.0 Å². The number of nitrogens with zero attached hydrogens (tertiary/aromatic N) is 2. The standard InChI is InChI=1S/C24H18N2O3S2/c27-18(13-4-2-1-3-5-13)12-30-24-25-17-9-8-16(11-19(17)31-24)26-22(28)20-14-6-7-15(10-14)21(20)23(26)29/h1-9,11,14-15,20-21H,10,12H2/t14-,15-,20-,21-/m0/s1. The van der Waals surface area contributed by atoms with Crippen molar-refractivity contribution in [3.8, 4) is 0 Å². The van der Waals surface area contributed by atoms with Gasteiger partial charge in [-0.15, -0.1) is 11.3 Å². The number of thioether (sulfide) groups is 1. The predicted molar refractivity (Wildman–Crippen MR) is 121 cm³/mol. The van der Waals surface area contributed by atoms with Gasteiger partial charge in [-0.1, -0.05) is 54.2 Å². The van der Waals surface area contributed by atoms with Crippen molar-refractivity contribution in [1.29, 1.82) is 0 Å². The number of allylic oxidation sites excluding steroid dienone is 2. The van der Waals surface area contributed by atoms with E-state index in [0.29, 0.717) is 17.0 Å². The highest BCUT2D eigenvalue weighted by atomic mass is 32.2. The van der Waals surface area contributed by atoms with Gasteiger partial charge in [0.25, 0.3) is 0 Å². The number of hydrogen-bond acceptors (Lipinski definition) is 6. The first-order valence-corrected chi connectivity index (χ1v) is 12.1. The maximum atomic E-state index is 13.1. The second-order valence-corrected chi connectivity index (χ2v) is 10.5. The quantitative estimate of drug-likeness (QED) is 0.248. The molecule has 0 N–H and O–H groups in total. The van der Waals surface area contributed by atoms with E-state index < -0.39 is 0 Å². The van der Waals surface area contributed by atoms with E-state index >= 15 is 0 Å². The maximum Gasteiger partial charge on any atom is 0.238 e. The largest absolute Gasteiger partial charge is 0.293 e. The van der Waals surface area contributed by atoms with Crippen LogP contribution >= 0.6 is 23.1 Å². The van der Waals surface area contributed by atoms with E-state index in [1.54, 1.807) is 6.07 Å². The highest BCUT2D eigenvalue weighted by molar-refractivity contribution is 8.01. The predicted octanol–water partition coefficient (Wildman–Crippen LogP) is 4.58. The van der Waals surface area contributed by atoms with Gasteiger partial charge in [-0.25, -0.2) is 9.88 Å². The lowest BCUT2D eigenvalue weighted by atomic mass is 9.85. The Kier molecular flexibility index (Phi) is 4.36. The Labute approximate surface area is 187 Å². The van der Waals surface area contributed by atoms with Crippen LogP contribution in [0, 0.1) is 23.7 Å². The lowest BCUT2D eigenvalue weighted by Crippen LogP contribution is -2.32. The number of thiazole rings is 1. The summed E-state index contributed by atoms with van der Waals surface area (Å²) in [6.07, 6.45) is 5.14. The minimum absolute atomic E-state index is 0.0635. The number of rotatable bonds is 5. The van der Waals surface area contributed by atoms with Gasteiger partial charge in [-0.2, -0.15) is 0 Å². The number of benzene rings is 2. The van der Waals surface area contributed by atoms with E-state index in [2.05, 4.69) is 17.1 Å². The molecule has 1 saturated carbocycles. The third-order valence-corrected chi connectivity index (χ3v) is 8.66. The van der Waals surface area contributed by atoms with Crippen LogP contribution in [-0.2, 0) is 9.59 Å². The van der Waals surface area contributed by atoms with Crippen LogP contribution in [0.4, 0.5) is 5.69 Å². The molecule has 154 valence electrons. The van der Waals surface area contributed by atoms with Gasteiger partial charge in [0.2, 0.25) is 11.8 Å². The van der Waals surface area contributed by atoms with Crippen LogP contribution in [0.2, 0.25) is 0 Å². The van der Waals surface area contributed by atoms with E-state index in [-0.39, 0.29) is 41.3 Å². The van der Waals surface area contributed by atoms with Crippen LogP contribution < -0.4 is 4.90 Å². The molecular formula is C24H18N2O3S2. The van der Waals surface area contributed by atoms with Gasteiger partial charge in [-0.05, 0) is 36.5 Å². The molecule has 2 heterocycles. The van der Waals surface area contributed by atoms with Crippen molar-refractivity contribution in [2.24, 2.45) is 23.7 Å². The lowest BCUT2D eigenvalue weighted by molar-refractivity contribution is -0.123. The van der Waals surface area contributed by atoms with E-state index in [9.17, 15) is 14.4 Å². The topological polar surface area (TPSA) is 67.3 Å². The van der Waals surface area contributed by atoms with Crippen molar-refractivity contribution in [3.63, 3.8) is 0 Å². The minimum atomic E-state index is -0.199. The number of Topliss-reactive ketones (excluding diaryl/α,β-unsaturated/α-hetero) is 1. The first-order valence-electron chi connectivity index (χ1n) is 10.3. The zero-order chi connectivity index (χ0) is 21.1. The number of carbonyl (C=O) groups is 3. The van der Waals surface area contributed by atoms with Crippen molar-refractivity contribution >= 4 is 56.6 Å². The van der Waals surface area contributed by atoms with Gasteiger partial charge in [-0.3, -0.25) is 14.4 Å². The Hall–Kier alpha value is -2.77. The maximum absolute atomic E-state index is 13.1. The van der Waals surface area contributed by atoms with Crippen LogP contribution in [0.25, 0.3) is 10.2 Å². The third kappa shape index (κ3) is 2.98. The van der Waals surface area contributed by atoms with Crippen LogP contribution in [0.15, 0.2) is 65.0 Å². The van der Waals surface area contributed by atoms with E-state index in [1.807, 2.05) is 42.5 Å². The van der Waals surface area contributed by atoms with Crippen molar-refractivity contribution in [1.82, 2.24) is 4.98 Å². The monoisotopic (exact) mass is 446 g/mol. The third-order valence-electron chi connectivity index (χ3n) is 6.50. The molecule has 2 amide bonds. The number of anilines is 1. The Morgan fingerprint density at radius 3 is 2.45 bits per heavy atom. The molecule has 31 heavy (non-hydrogen) atoms. The average molecular weight is 447 g/mol.